The second-order valence-corrected chi connectivity index (χ2v) is 12.1. The summed E-state index contributed by atoms with van der Waals surface area (Å²) in [4.78, 5) is 0. The summed E-state index contributed by atoms with van der Waals surface area (Å²) < 4.78 is 34.4. The van der Waals surface area contributed by atoms with Gasteiger partial charge in [-0.2, -0.15) is 0 Å². The van der Waals surface area contributed by atoms with Crippen LogP contribution in [0.3, 0.4) is 0 Å². The summed E-state index contributed by atoms with van der Waals surface area (Å²) in [6, 6.07) is 0.943. The molecule has 6 nitrogen and oxygen atoms in total. The molecule has 0 amide bonds. The van der Waals surface area contributed by atoms with Crippen molar-refractivity contribution in [3.05, 3.63) is 0 Å². The van der Waals surface area contributed by atoms with Crippen LogP contribution in [0.25, 0.3) is 0 Å². The lowest BCUT2D eigenvalue weighted by Crippen LogP contribution is -2.49. The van der Waals surface area contributed by atoms with Crippen molar-refractivity contribution >= 4 is 17.6 Å². The van der Waals surface area contributed by atoms with Gasteiger partial charge in [0.25, 0.3) is 0 Å². The molecule has 0 rings (SSSR count). The van der Waals surface area contributed by atoms with Gasteiger partial charge in [0, 0.05) is 51.2 Å². The lowest BCUT2D eigenvalue weighted by Gasteiger charge is -2.32. The molecular weight excluding hydrogens is 392 g/mol. The van der Waals surface area contributed by atoms with E-state index in [0.717, 1.165) is 25.3 Å². The SMILES string of the molecule is CCCC[Si](OCC)(OCC)OCC.CCO[Si](OCC)(OCC)C(C)CC. The van der Waals surface area contributed by atoms with E-state index in [9.17, 15) is 0 Å². The lowest BCUT2D eigenvalue weighted by atomic mass is 10.4. The number of unbranched alkanes of at least 4 members (excludes halogenated alkanes) is 1. The summed E-state index contributed by atoms with van der Waals surface area (Å²) in [7, 11) is -4.72. The van der Waals surface area contributed by atoms with Crippen molar-refractivity contribution in [3.63, 3.8) is 0 Å². The Labute approximate surface area is 177 Å². The molecule has 8 heteroatoms. The van der Waals surface area contributed by atoms with Gasteiger partial charge in [-0.3, -0.25) is 0 Å². The van der Waals surface area contributed by atoms with Crippen molar-refractivity contribution in [2.45, 2.75) is 93.2 Å². The first-order valence-electron chi connectivity index (χ1n) is 11.2. The molecule has 0 heterocycles. The second-order valence-electron chi connectivity index (χ2n) is 6.30. The van der Waals surface area contributed by atoms with Crippen LogP contribution in [0.1, 0.15) is 81.6 Å². The second kappa shape index (κ2) is 19.2. The Morgan fingerprint density at radius 1 is 0.571 bits per heavy atom. The maximum absolute atomic E-state index is 5.76. The Balaban J connectivity index is 0. The minimum Gasteiger partial charge on any atom is -0.374 e. The number of hydrogen-bond acceptors (Lipinski definition) is 6. The van der Waals surface area contributed by atoms with Crippen LogP contribution in [0, 0.1) is 0 Å². The first-order valence-corrected chi connectivity index (χ1v) is 15.0. The predicted octanol–water partition coefficient (Wildman–Crippen LogP) is 5.67. The van der Waals surface area contributed by atoms with E-state index in [-0.39, 0.29) is 0 Å². The van der Waals surface area contributed by atoms with Crippen LogP contribution in [0.4, 0.5) is 0 Å². The maximum Gasteiger partial charge on any atom is 0.503 e. The molecule has 0 bridgehead atoms. The molecule has 0 aliphatic carbocycles. The molecule has 1 atom stereocenters. The van der Waals surface area contributed by atoms with Crippen molar-refractivity contribution in [1.29, 1.82) is 0 Å². The van der Waals surface area contributed by atoms with Gasteiger partial charge in [0.2, 0.25) is 0 Å². The van der Waals surface area contributed by atoms with E-state index >= 15 is 0 Å². The Kier molecular flexibility index (Phi) is 20.8. The van der Waals surface area contributed by atoms with Crippen molar-refractivity contribution in [2.75, 3.05) is 39.6 Å². The van der Waals surface area contributed by atoms with Gasteiger partial charge in [-0.1, -0.05) is 27.2 Å². The van der Waals surface area contributed by atoms with E-state index < -0.39 is 17.6 Å². The average molecular weight is 441 g/mol. The summed E-state index contributed by atoms with van der Waals surface area (Å²) in [5.74, 6) is 0. The molecular formula is C20H48O6Si2. The van der Waals surface area contributed by atoms with Crippen molar-refractivity contribution in [3.8, 4) is 0 Å². The molecule has 0 aromatic carbocycles. The van der Waals surface area contributed by atoms with Gasteiger partial charge in [0.15, 0.2) is 0 Å². The van der Waals surface area contributed by atoms with Gasteiger partial charge in [0.05, 0.1) is 0 Å². The summed E-state index contributed by atoms with van der Waals surface area (Å²) >= 11 is 0. The summed E-state index contributed by atoms with van der Waals surface area (Å²) in [5, 5.41) is 0. The van der Waals surface area contributed by atoms with Crippen LogP contribution in [-0.2, 0) is 26.6 Å². The third-order valence-electron chi connectivity index (χ3n) is 4.18. The quantitative estimate of drug-likeness (QED) is 0.272. The molecule has 0 N–H and O–H groups in total. The molecule has 0 aliphatic rings. The summed E-state index contributed by atoms with van der Waals surface area (Å²) in [5.41, 5.74) is 0.377. The van der Waals surface area contributed by atoms with Crippen molar-refractivity contribution in [1.82, 2.24) is 0 Å². The zero-order valence-electron chi connectivity index (χ0n) is 20.1. The van der Waals surface area contributed by atoms with Crippen LogP contribution >= 0.6 is 0 Å². The van der Waals surface area contributed by atoms with Crippen LogP contribution in [0.15, 0.2) is 0 Å². The zero-order valence-corrected chi connectivity index (χ0v) is 22.1. The molecule has 0 aromatic rings. The molecule has 0 saturated heterocycles. The smallest absolute Gasteiger partial charge is 0.374 e. The van der Waals surface area contributed by atoms with E-state index in [1.807, 2.05) is 41.5 Å². The predicted molar refractivity (Wildman–Crippen MR) is 121 cm³/mol. The minimum atomic E-state index is -2.40. The van der Waals surface area contributed by atoms with Gasteiger partial charge >= 0.3 is 17.6 Å². The normalized spacial score (nSPS) is 13.2. The molecule has 0 radical (unpaired) electrons. The molecule has 0 fully saturated rings. The molecule has 28 heavy (non-hydrogen) atoms. The zero-order chi connectivity index (χ0) is 21.9. The highest BCUT2D eigenvalue weighted by atomic mass is 28.4. The average Bonchev–Trinajstić information content (AvgIpc) is 2.67. The van der Waals surface area contributed by atoms with Gasteiger partial charge < -0.3 is 26.6 Å². The Morgan fingerprint density at radius 2 is 0.929 bits per heavy atom. The summed E-state index contributed by atoms with van der Waals surface area (Å²) in [6.07, 6.45) is 3.31. The molecule has 172 valence electrons. The fourth-order valence-corrected chi connectivity index (χ4v) is 8.40. The first-order chi connectivity index (χ1) is 13.4. The fourth-order valence-electron chi connectivity index (χ4n) is 2.80. The Bertz CT molecular complexity index is 300. The van der Waals surface area contributed by atoms with Gasteiger partial charge in [-0.25, -0.2) is 0 Å². The molecule has 1 unspecified atom stereocenters. The largest absolute Gasteiger partial charge is 0.503 e. The molecule has 0 aliphatic heterocycles. The number of hydrogen-bond donors (Lipinski definition) is 0. The van der Waals surface area contributed by atoms with Crippen molar-refractivity contribution in [2.24, 2.45) is 0 Å². The van der Waals surface area contributed by atoms with Crippen LogP contribution in [-0.4, -0.2) is 57.3 Å². The highest BCUT2D eigenvalue weighted by Crippen LogP contribution is 2.28. The van der Waals surface area contributed by atoms with Crippen molar-refractivity contribution < 1.29 is 26.6 Å². The maximum atomic E-state index is 5.76. The topological polar surface area (TPSA) is 55.4 Å². The minimum absolute atomic E-state index is 0.377. The molecule has 0 spiro atoms. The lowest BCUT2D eigenvalue weighted by molar-refractivity contribution is 0.0619. The first kappa shape index (κ1) is 30.4. The van der Waals surface area contributed by atoms with Gasteiger partial charge in [-0.15, -0.1) is 0 Å². The van der Waals surface area contributed by atoms with Crippen LogP contribution in [0.2, 0.25) is 11.6 Å². The molecule has 0 saturated carbocycles. The summed E-state index contributed by atoms with van der Waals surface area (Å²) in [6.45, 7) is 22.4. The van der Waals surface area contributed by atoms with E-state index in [2.05, 4.69) is 20.8 Å². The fraction of sp³-hybridized carbons (Fsp3) is 1.00. The highest BCUT2D eigenvalue weighted by Gasteiger charge is 2.45. The van der Waals surface area contributed by atoms with E-state index in [1.165, 1.54) is 0 Å². The monoisotopic (exact) mass is 440 g/mol. The van der Waals surface area contributed by atoms with Gasteiger partial charge in [0.1, 0.15) is 0 Å². The molecule has 0 aromatic heterocycles. The standard InChI is InChI=1S/2C10H24O3Si/c1-6-10(5)14(11-7-2,12-8-3)13-9-4;1-5-9-10-14(11-6-2,12-7-3)13-8-4/h10H,6-9H2,1-5H3;5-10H2,1-4H3. The third-order valence-corrected chi connectivity index (χ3v) is 11.0. The van der Waals surface area contributed by atoms with Gasteiger partial charge in [-0.05, 0) is 54.4 Å². The van der Waals surface area contributed by atoms with E-state index in [1.54, 1.807) is 0 Å². The third kappa shape index (κ3) is 12.0. The van der Waals surface area contributed by atoms with Crippen LogP contribution in [0.5, 0.6) is 0 Å². The Hall–Kier alpha value is 0.194. The van der Waals surface area contributed by atoms with E-state index in [0.29, 0.717) is 45.2 Å². The van der Waals surface area contributed by atoms with Crippen LogP contribution < -0.4 is 0 Å². The number of rotatable bonds is 17. The Morgan fingerprint density at radius 3 is 1.18 bits per heavy atom. The highest BCUT2D eigenvalue weighted by molar-refractivity contribution is 6.62. The van der Waals surface area contributed by atoms with E-state index in [4.69, 9.17) is 26.6 Å².